The van der Waals surface area contributed by atoms with Crippen LogP contribution in [0.25, 0.3) is 0 Å². The molecule has 0 spiro atoms. The molecule has 112 valence electrons. The maximum absolute atomic E-state index is 5.71. The molecule has 0 saturated carbocycles. The Bertz CT molecular complexity index is 584. The van der Waals surface area contributed by atoms with Crippen LogP contribution in [0.1, 0.15) is 12.5 Å². The van der Waals surface area contributed by atoms with E-state index in [9.17, 15) is 0 Å². The third-order valence-corrected chi connectivity index (χ3v) is 3.15. The summed E-state index contributed by atoms with van der Waals surface area (Å²) in [6.07, 6.45) is 0. The van der Waals surface area contributed by atoms with E-state index < -0.39 is 0 Å². The third kappa shape index (κ3) is 3.60. The molecular weight excluding hydrogens is 266 g/mol. The standard InChI is InChI=1S/C17H21NO3/c1-4-21-17-13(8-7-11-16(17)20-3)12-18-14-9-5-6-10-15(14)19-2/h5-11,18H,4,12H2,1-3H3. The Morgan fingerprint density at radius 2 is 1.62 bits per heavy atom. The summed E-state index contributed by atoms with van der Waals surface area (Å²) in [5.41, 5.74) is 1.99. The van der Waals surface area contributed by atoms with Crippen molar-refractivity contribution in [1.82, 2.24) is 0 Å². The second kappa shape index (κ2) is 7.43. The molecule has 2 rings (SSSR count). The molecule has 0 amide bonds. The fourth-order valence-electron chi connectivity index (χ4n) is 2.15. The summed E-state index contributed by atoms with van der Waals surface area (Å²) in [5, 5.41) is 3.37. The van der Waals surface area contributed by atoms with Crippen LogP contribution in [0, 0.1) is 0 Å². The molecule has 1 N–H and O–H groups in total. The smallest absolute Gasteiger partial charge is 0.166 e. The van der Waals surface area contributed by atoms with Gasteiger partial charge in [0.1, 0.15) is 5.75 Å². The molecule has 0 fully saturated rings. The van der Waals surface area contributed by atoms with Gasteiger partial charge in [-0.15, -0.1) is 0 Å². The van der Waals surface area contributed by atoms with E-state index in [0.29, 0.717) is 13.2 Å². The van der Waals surface area contributed by atoms with Gasteiger partial charge in [-0.25, -0.2) is 0 Å². The lowest BCUT2D eigenvalue weighted by molar-refractivity contribution is 0.308. The van der Waals surface area contributed by atoms with Gasteiger partial charge in [-0.1, -0.05) is 24.3 Å². The Balaban J connectivity index is 2.19. The minimum absolute atomic E-state index is 0.599. The molecule has 0 aliphatic carbocycles. The second-order valence-corrected chi connectivity index (χ2v) is 4.44. The van der Waals surface area contributed by atoms with Crippen LogP contribution in [0.2, 0.25) is 0 Å². The van der Waals surface area contributed by atoms with Gasteiger partial charge >= 0.3 is 0 Å². The van der Waals surface area contributed by atoms with Crippen LogP contribution in [0.4, 0.5) is 5.69 Å². The van der Waals surface area contributed by atoms with Crippen molar-refractivity contribution in [3.05, 3.63) is 48.0 Å². The summed E-state index contributed by atoms with van der Waals surface area (Å²) in [6, 6.07) is 13.7. The van der Waals surface area contributed by atoms with Crippen LogP contribution in [0.5, 0.6) is 17.2 Å². The third-order valence-electron chi connectivity index (χ3n) is 3.15. The van der Waals surface area contributed by atoms with Crippen molar-refractivity contribution in [2.75, 3.05) is 26.1 Å². The van der Waals surface area contributed by atoms with Crippen LogP contribution < -0.4 is 19.5 Å². The Kier molecular flexibility index (Phi) is 5.32. The monoisotopic (exact) mass is 287 g/mol. The fraction of sp³-hybridized carbons (Fsp3) is 0.294. The zero-order valence-corrected chi connectivity index (χ0v) is 12.7. The van der Waals surface area contributed by atoms with Gasteiger partial charge in [-0.3, -0.25) is 0 Å². The zero-order chi connectivity index (χ0) is 15.1. The lowest BCUT2D eigenvalue weighted by atomic mass is 10.1. The molecule has 2 aromatic carbocycles. The number of ether oxygens (including phenoxy) is 3. The number of anilines is 1. The lowest BCUT2D eigenvalue weighted by Gasteiger charge is -2.16. The molecule has 4 heteroatoms. The highest BCUT2D eigenvalue weighted by Gasteiger charge is 2.10. The Morgan fingerprint density at radius 3 is 2.33 bits per heavy atom. The van der Waals surface area contributed by atoms with E-state index in [-0.39, 0.29) is 0 Å². The average Bonchev–Trinajstić information content (AvgIpc) is 2.54. The van der Waals surface area contributed by atoms with Crippen LogP contribution in [0.15, 0.2) is 42.5 Å². The van der Waals surface area contributed by atoms with Crippen LogP contribution >= 0.6 is 0 Å². The van der Waals surface area contributed by atoms with E-state index in [1.54, 1.807) is 14.2 Å². The summed E-state index contributed by atoms with van der Waals surface area (Å²) < 4.78 is 16.4. The lowest BCUT2D eigenvalue weighted by Crippen LogP contribution is -2.05. The maximum Gasteiger partial charge on any atom is 0.166 e. The first-order valence-electron chi connectivity index (χ1n) is 6.95. The molecule has 0 atom stereocenters. The fourth-order valence-corrected chi connectivity index (χ4v) is 2.15. The van der Waals surface area contributed by atoms with Gasteiger partial charge in [0.05, 0.1) is 26.5 Å². The first-order valence-corrected chi connectivity index (χ1v) is 6.95. The van der Waals surface area contributed by atoms with Gasteiger partial charge in [-0.05, 0) is 25.1 Å². The van der Waals surface area contributed by atoms with Crippen LogP contribution in [0.3, 0.4) is 0 Å². The van der Waals surface area contributed by atoms with Crippen molar-refractivity contribution in [1.29, 1.82) is 0 Å². The number of nitrogens with one attached hydrogen (secondary N) is 1. The van der Waals surface area contributed by atoms with Crippen molar-refractivity contribution < 1.29 is 14.2 Å². The second-order valence-electron chi connectivity index (χ2n) is 4.44. The van der Waals surface area contributed by atoms with Crippen molar-refractivity contribution in [3.8, 4) is 17.2 Å². The molecular formula is C17H21NO3. The topological polar surface area (TPSA) is 39.7 Å². The molecule has 0 unspecified atom stereocenters. The van der Waals surface area contributed by atoms with E-state index in [4.69, 9.17) is 14.2 Å². The van der Waals surface area contributed by atoms with Crippen molar-refractivity contribution in [2.24, 2.45) is 0 Å². The zero-order valence-electron chi connectivity index (χ0n) is 12.7. The van der Waals surface area contributed by atoms with Crippen molar-refractivity contribution in [3.63, 3.8) is 0 Å². The Morgan fingerprint density at radius 1 is 0.905 bits per heavy atom. The van der Waals surface area contributed by atoms with Gasteiger partial charge in [0, 0.05) is 12.1 Å². The normalized spacial score (nSPS) is 10.0. The molecule has 0 aromatic heterocycles. The number of hydrogen-bond acceptors (Lipinski definition) is 4. The minimum Gasteiger partial charge on any atom is -0.495 e. The maximum atomic E-state index is 5.71. The van der Waals surface area contributed by atoms with E-state index in [2.05, 4.69) is 5.32 Å². The highest BCUT2D eigenvalue weighted by atomic mass is 16.5. The van der Waals surface area contributed by atoms with Gasteiger partial charge in [0.15, 0.2) is 11.5 Å². The summed E-state index contributed by atoms with van der Waals surface area (Å²) in [5.74, 6) is 2.35. The predicted octanol–water partition coefficient (Wildman–Crippen LogP) is 3.71. The first-order chi connectivity index (χ1) is 10.3. The minimum atomic E-state index is 0.599. The number of hydrogen-bond donors (Lipinski definition) is 1. The number of methoxy groups -OCH3 is 2. The summed E-state index contributed by atoms with van der Waals surface area (Å²) >= 11 is 0. The molecule has 21 heavy (non-hydrogen) atoms. The summed E-state index contributed by atoms with van der Waals surface area (Å²) in [6.45, 7) is 3.19. The summed E-state index contributed by atoms with van der Waals surface area (Å²) in [7, 11) is 3.31. The van der Waals surface area contributed by atoms with E-state index in [1.807, 2.05) is 49.4 Å². The first kappa shape index (κ1) is 15.0. The summed E-state index contributed by atoms with van der Waals surface area (Å²) in [4.78, 5) is 0. The molecule has 4 nitrogen and oxygen atoms in total. The SMILES string of the molecule is CCOc1c(CNc2ccccc2OC)cccc1OC. The highest BCUT2D eigenvalue weighted by molar-refractivity contribution is 5.57. The van der Waals surface area contributed by atoms with E-state index in [1.165, 1.54) is 0 Å². The Labute approximate surface area is 125 Å². The molecule has 0 aliphatic heterocycles. The molecule has 0 radical (unpaired) electrons. The van der Waals surface area contributed by atoms with Gasteiger partial charge in [-0.2, -0.15) is 0 Å². The number of para-hydroxylation sites is 3. The Hall–Kier alpha value is -2.36. The van der Waals surface area contributed by atoms with Gasteiger partial charge in [0.25, 0.3) is 0 Å². The average molecular weight is 287 g/mol. The van der Waals surface area contributed by atoms with Gasteiger partial charge < -0.3 is 19.5 Å². The number of rotatable bonds is 7. The number of benzene rings is 2. The molecule has 0 saturated heterocycles. The largest absolute Gasteiger partial charge is 0.495 e. The molecule has 0 aliphatic rings. The predicted molar refractivity (Wildman–Crippen MR) is 84.5 cm³/mol. The van der Waals surface area contributed by atoms with Crippen LogP contribution in [-0.4, -0.2) is 20.8 Å². The highest BCUT2D eigenvalue weighted by Crippen LogP contribution is 2.32. The van der Waals surface area contributed by atoms with Crippen molar-refractivity contribution in [2.45, 2.75) is 13.5 Å². The van der Waals surface area contributed by atoms with Crippen LogP contribution in [-0.2, 0) is 6.54 Å². The van der Waals surface area contributed by atoms with E-state index >= 15 is 0 Å². The quantitative estimate of drug-likeness (QED) is 0.842. The van der Waals surface area contributed by atoms with E-state index in [0.717, 1.165) is 28.5 Å². The van der Waals surface area contributed by atoms with Crippen molar-refractivity contribution >= 4 is 5.69 Å². The molecule has 2 aromatic rings. The molecule has 0 heterocycles. The van der Waals surface area contributed by atoms with Gasteiger partial charge in [0.2, 0.25) is 0 Å². The molecule has 0 bridgehead atoms.